The first-order chi connectivity index (χ1) is 12.3. The third-order valence-corrected chi connectivity index (χ3v) is 3.72. The summed E-state index contributed by atoms with van der Waals surface area (Å²) in [5.41, 5.74) is 0.937. The van der Waals surface area contributed by atoms with Crippen molar-refractivity contribution in [3.63, 3.8) is 0 Å². The molecule has 0 radical (unpaired) electrons. The van der Waals surface area contributed by atoms with Crippen molar-refractivity contribution in [3.8, 4) is 5.75 Å². The number of halogens is 2. The Bertz CT molecular complexity index is 812. The van der Waals surface area contributed by atoms with Crippen LogP contribution in [0.4, 0.5) is 10.1 Å². The van der Waals surface area contributed by atoms with Gasteiger partial charge >= 0.3 is 5.97 Å². The Hall–Kier alpha value is -2.60. The number of hydrogen-bond donors (Lipinski definition) is 1. The number of aryl methyl sites for hydroxylation is 1. The number of rotatable bonds is 6. The standard InChI is InChI=1S/C19H19ClFNO4/c1-11-5-4-6-15(9-11)25-13(3)19(24)26-12(2)18(23)22-17-8-7-14(20)10-16(17)21/h4-10,12-13H,1-3H3,(H,22,23)/t12-,13+/m0/s1. The van der Waals surface area contributed by atoms with Gasteiger partial charge in [0.1, 0.15) is 11.6 Å². The van der Waals surface area contributed by atoms with Crippen molar-refractivity contribution in [1.29, 1.82) is 0 Å². The van der Waals surface area contributed by atoms with E-state index in [2.05, 4.69) is 5.32 Å². The highest BCUT2D eigenvalue weighted by atomic mass is 35.5. The van der Waals surface area contributed by atoms with E-state index in [-0.39, 0.29) is 10.7 Å². The lowest BCUT2D eigenvalue weighted by Crippen LogP contribution is -2.35. The minimum Gasteiger partial charge on any atom is -0.479 e. The van der Waals surface area contributed by atoms with E-state index < -0.39 is 29.9 Å². The minimum atomic E-state index is -1.12. The van der Waals surface area contributed by atoms with Gasteiger partial charge in [-0.1, -0.05) is 23.7 Å². The highest BCUT2D eigenvalue weighted by Crippen LogP contribution is 2.19. The molecule has 1 N–H and O–H groups in total. The maximum atomic E-state index is 13.7. The number of ether oxygens (including phenoxy) is 2. The van der Waals surface area contributed by atoms with Crippen LogP contribution in [0.2, 0.25) is 5.02 Å². The van der Waals surface area contributed by atoms with Gasteiger partial charge < -0.3 is 14.8 Å². The number of nitrogens with one attached hydrogen (secondary N) is 1. The molecule has 0 heterocycles. The minimum absolute atomic E-state index is 0.0497. The van der Waals surface area contributed by atoms with Gasteiger partial charge in [0.05, 0.1) is 5.69 Å². The van der Waals surface area contributed by atoms with Gasteiger partial charge in [-0.2, -0.15) is 0 Å². The van der Waals surface area contributed by atoms with Gasteiger partial charge in [-0.3, -0.25) is 4.79 Å². The maximum Gasteiger partial charge on any atom is 0.347 e. The molecule has 0 bridgehead atoms. The Kier molecular flexibility index (Phi) is 6.58. The van der Waals surface area contributed by atoms with Crippen LogP contribution in [0.15, 0.2) is 42.5 Å². The van der Waals surface area contributed by atoms with Crippen LogP contribution in [0, 0.1) is 12.7 Å². The number of esters is 1. The molecule has 2 atom stereocenters. The quantitative estimate of drug-likeness (QED) is 0.766. The summed E-state index contributed by atoms with van der Waals surface area (Å²) in [5.74, 6) is -1.52. The molecule has 0 aliphatic heterocycles. The first-order valence-corrected chi connectivity index (χ1v) is 8.34. The van der Waals surface area contributed by atoms with Crippen molar-refractivity contribution in [2.24, 2.45) is 0 Å². The summed E-state index contributed by atoms with van der Waals surface area (Å²) in [7, 11) is 0. The fourth-order valence-electron chi connectivity index (χ4n) is 2.09. The van der Waals surface area contributed by atoms with E-state index in [1.807, 2.05) is 13.0 Å². The van der Waals surface area contributed by atoms with Crippen molar-refractivity contribution in [1.82, 2.24) is 0 Å². The molecule has 0 saturated heterocycles. The van der Waals surface area contributed by atoms with Crippen LogP contribution < -0.4 is 10.1 Å². The molecule has 0 aliphatic rings. The lowest BCUT2D eigenvalue weighted by Gasteiger charge is -2.18. The van der Waals surface area contributed by atoms with E-state index in [0.717, 1.165) is 11.6 Å². The predicted octanol–water partition coefficient (Wildman–Crippen LogP) is 4.13. The highest BCUT2D eigenvalue weighted by molar-refractivity contribution is 6.30. The molecule has 1 amide bonds. The fraction of sp³-hybridized carbons (Fsp3) is 0.263. The Morgan fingerprint density at radius 3 is 2.50 bits per heavy atom. The zero-order valence-electron chi connectivity index (χ0n) is 14.6. The van der Waals surface area contributed by atoms with Crippen molar-refractivity contribution >= 4 is 29.2 Å². The van der Waals surface area contributed by atoms with Gasteiger partial charge in [-0.25, -0.2) is 9.18 Å². The Labute approximate surface area is 156 Å². The molecule has 0 saturated carbocycles. The van der Waals surface area contributed by atoms with Crippen LogP contribution in [0.3, 0.4) is 0 Å². The average Bonchev–Trinajstić information content (AvgIpc) is 2.57. The normalized spacial score (nSPS) is 12.8. The monoisotopic (exact) mass is 379 g/mol. The SMILES string of the molecule is Cc1cccc(O[C@H](C)C(=O)O[C@@H](C)C(=O)Nc2ccc(Cl)cc2F)c1. The zero-order valence-corrected chi connectivity index (χ0v) is 15.3. The van der Waals surface area contributed by atoms with Gasteiger partial charge in [0.15, 0.2) is 12.2 Å². The molecular weight excluding hydrogens is 361 g/mol. The van der Waals surface area contributed by atoms with Crippen LogP contribution in [0.5, 0.6) is 5.75 Å². The summed E-state index contributed by atoms with van der Waals surface area (Å²) in [4.78, 5) is 24.2. The molecule has 7 heteroatoms. The molecule has 2 aromatic rings. The zero-order chi connectivity index (χ0) is 19.3. The van der Waals surface area contributed by atoms with E-state index in [4.69, 9.17) is 21.1 Å². The van der Waals surface area contributed by atoms with Crippen LogP contribution in [-0.2, 0) is 14.3 Å². The van der Waals surface area contributed by atoms with Crippen molar-refractivity contribution < 1.29 is 23.5 Å². The van der Waals surface area contributed by atoms with Gasteiger partial charge in [-0.05, 0) is 56.7 Å². The maximum absolute atomic E-state index is 13.7. The van der Waals surface area contributed by atoms with E-state index in [1.54, 1.807) is 18.2 Å². The Morgan fingerprint density at radius 2 is 1.85 bits per heavy atom. The molecule has 0 unspecified atom stereocenters. The number of carbonyl (C=O) groups excluding carboxylic acids is 2. The van der Waals surface area contributed by atoms with Crippen LogP contribution in [-0.4, -0.2) is 24.1 Å². The third kappa shape index (κ3) is 5.46. The second kappa shape index (κ2) is 8.67. The highest BCUT2D eigenvalue weighted by Gasteiger charge is 2.24. The van der Waals surface area contributed by atoms with Crippen molar-refractivity contribution in [2.75, 3.05) is 5.32 Å². The first-order valence-electron chi connectivity index (χ1n) is 7.96. The summed E-state index contributed by atoms with van der Waals surface area (Å²) in [6, 6.07) is 11.0. The second-order valence-corrected chi connectivity index (χ2v) is 6.21. The fourth-order valence-corrected chi connectivity index (χ4v) is 2.25. The lowest BCUT2D eigenvalue weighted by atomic mass is 10.2. The molecule has 0 spiro atoms. The summed E-state index contributed by atoms with van der Waals surface area (Å²) in [5, 5.41) is 2.56. The molecular formula is C19H19ClFNO4. The summed E-state index contributed by atoms with van der Waals surface area (Å²) in [6.45, 7) is 4.81. The van der Waals surface area contributed by atoms with Gasteiger partial charge in [0.25, 0.3) is 5.91 Å². The Morgan fingerprint density at radius 1 is 1.12 bits per heavy atom. The predicted molar refractivity (Wildman–Crippen MR) is 96.9 cm³/mol. The number of benzene rings is 2. The lowest BCUT2D eigenvalue weighted by molar-refractivity contribution is -0.159. The number of anilines is 1. The molecule has 0 aromatic heterocycles. The first kappa shape index (κ1) is 19.7. The van der Waals surface area contributed by atoms with E-state index >= 15 is 0 Å². The Balaban J connectivity index is 1.91. The number of amides is 1. The molecule has 2 aromatic carbocycles. The molecule has 26 heavy (non-hydrogen) atoms. The van der Waals surface area contributed by atoms with Crippen molar-refractivity contribution in [3.05, 3.63) is 58.9 Å². The second-order valence-electron chi connectivity index (χ2n) is 5.77. The number of carbonyl (C=O) groups is 2. The van der Waals surface area contributed by atoms with Crippen LogP contribution in [0.1, 0.15) is 19.4 Å². The topological polar surface area (TPSA) is 64.6 Å². The van der Waals surface area contributed by atoms with E-state index in [0.29, 0.717) is 5.75 Å². The largest absolute Gasteiger partial charge is 0.479 e. The molecule has 138 valence electrons. The smallest absolute Gasteiger partial charge is 0.347 e. The summed E-state index contributed by atoms with van der Waals surface area (Å²) in [6.07, 6.45) is -2.03. The third-order valence-electron chi connectivity index (χ3n) is 3.49. The van der Waals surface area contributed by atoms with E-state index in [1.165, 1.54) is 26.0 Å². The van der Waals surface area contributed by atoms with Crippen molar-refractivity contribution in [2.45, 2.75) is 33.0 Å². The molecule has 0 fully saturated rings. The van der Waals surface area contributed by atoms with Crippen LogP contribution in [0.25, 0.3) is 0 Å². The summed E-state index contributed by atoms with van der Waals surface area (Å²) >= 11 is 5.66. The van der Waals surface area contributed by atoms with Gasteiger partial charge in [-0.15, -0.1) is 0 Å². The number of hydrogen-bond acceptors (Lipinski definition) is 4. The van der Waals surface area contributed by atoms with Gasteiger partial charge in [0.2, 0.25) is 0 Å². The van der Waals surface area contributed by atoms with E-state index in [9.17, 15) is 14.0 Å². The van der Waals surface area contributed by atoms with Gasteiger partial charge in [0, 0.05) is 5.02 Å². The molecule has 2 rings (SSSR count). The summed E-state index contributed by atoms with van der Waals surface area (Å²) < 4.78 is 24.3. The molecule has 0 aliphatic carbocycles. The average molecular weight is 380 g/mol. The molecule has 5 nitrogen and oxygen atoms in total. The van der Waals surface area contributed by atoms with Crippen LogP contribution >= 0.6 is 11.6 Å².